The number of halogens is 1. The van der Waals surface area contributed by atoms with Gasteiger partial charge in [0, 0.05) is 10.9 Å². The molecule has 104 valence electrons. The zero-order chi connectivity index (χ0) is 14.5. The Balaban J connectivity index is 2.22. The Morgan fingerprint density at radius 2 is 2.05 bits per heavy atom. The van der Waals surface area contributed by atoms with Crippen molar-refractivity contribution in [2.45, 2.75) is 12.8 Å². The summed E-state index contributed by atoms with van der Waals surface area (Å²) in [5, 5.41) is 14.1. The van der Waals surface area contributed by atoms with Crippen LogP contribution < -0.4 is 0 Å². The first-order chi connectivity index (χ1) is 9.67. The average molecular weight is 336 g/mol. The molecule has 0 atom stereocenters. The molecule has 0 aromatic heterocycles. The van der Waals surface area contributed by atoms with E-state index in [2.05, 4.69) is 25.8 Å². The van der Waals surface area contributed by atoms with E-state index in [0.29, 0.717) is 12.8 Å². The normalized spacial score (nSPS) is 11.6. The first-order valence-electron chi connectivity index (χ1n) is 6.12. The second-order valence-corrected chi connectivity index (χ2v) is 5.09. The quantitative estimate of drug-likeness (QED) is 0.402. The summed E-state index contributed by atoms with van der Waals surface area (Å²) >= 11 is 3.59. The molecule has 4 nitrogen and oxygen atoms in total. The molecule has 0 fully saturated rings. The molecule has 0 aliphatic rings. The van der Waals surface area contributed by atoms with Crippen molar-refractivity contribution in [2.75, 3.05) is 7.11 Å². The van der Waals surface area contributed by atoms with Crippen molar-refractivity contribution < 1.29 is 14.7 Å². The molecule has 0 aliphatic heterocycles. The molecule has 0 unspecified atom stereocenters. The van der Waals surface area contributed by atoms with Gasteiger partial charge in [-0.05, 0) is 38.7 Å². The van der Waals surface area contributed by atoms with E-state index < -0.39 is 5.97 Å². The zero-order valence-electron chi connectivity index (χ0n) is 11.0. The van der Waals surface area contributed by atoms with Gasteiger partial charge in [0.05, 0.1) is 7.11 Å². The summed E-state index contributed by atoms with van der Waals surface area (Å²) in [6.07, 6.45) is 0.903. The molecule has 20 heavy (non-hydrogen) atoms. The van der Waals surface area contributed by atoms with E-state index in [9.17, 15) is 4.79 Å². The first kappa shape index (κ1) is 14.5. The van der Waals surface area contributed by atoms with Crippen molar-refractivity contribution in [1.29, 1.82) is 0 Å². The van der Waals surface area contributed by atoms with Gasteiger partial charge in [0.1, 0.15) is 0 Å². The maximum atomic E-state index is 11.3. The van der Waals surface area contributed by atoms with Crippen LogP contribution in [-0.4, -0.2) is 24.0 Å². The fourth-order valence-electron chi connectivity index (χ4n) is 2.04. The average Bonchev–Trinajstić information content (AvgIpc) is 2.49. The Morgan fingerprint density at radius 1 is 1.30 bits per heavy atom. The predicted molar refractivity (Wildman–Crippen MR) is 81.2 cm³/mol. The molecule has 0 radical (unpaired) electrons. The minimum Gasteiger partial charge on any atom is -0.464 e. The summed E-state index contributed by atoms with van der Waals surface area (Å²) in [4.78, 5) is 11.3. The number of carbonyl (C=O) groups is 1. The maximum absolute atomic E-state index is 11.3. The molecule has 1 N–H and O–H groups in total. The second-order valence-electron chi connectivity index (χ2n) is 4.30. The first-order valence-corrected chi connectivity index (χ1v) is 6.92. The molecule has 0 spiro atoms. The molecule has 2 rings (SSSR count). The molecular weight excluding hydrogens is 322 g/mol. The summed E-state index contributed by atoms with van der Waals surface area (Å²) in [5.74, 6) is -0.607. The number of ether oxygens (including phenoxy) is 1. The lowest BCUT2D eigenvalue weighted by molar-refractivity contribution is -0.133. The Morgan fingerprint density at radius 3 is 2.75 bits per heavy atom. The third kappa shape index (κ3) is 2.99. The van der Waals surface area contributed by atoms with Gasteiger partial charge in [0.15, 0.2) is 5.71 Å². The van der Waals surface area contributed by atoms with Gasteiger partial charge in [0.2, 0.25) is 0 Å². The Hall–Kier alpha value is -1.88. The van der Waals surface area contributed by atoms with Gasteiger partial charge in [-0.2, -0.15) is 0 Å². The minimum absolute atomic E-state index is 0.0209. The van der Waals surface area contributed by atoms with E-state index in [-0.39, 0.29) is 5.71 Å². The van der Waals surface area contributed by atoms with Crippen LogP contribution in [0.4, 0.5) is 0 Å². The van der Waals surface area contributed by atoms with Gasteiger partial charge in [-0.1, -0.05) is 41.6 Å². The SMILES string of the molecule is COC(=O)/C(CCc1ccc2ccccc2c1Br)=N/O. The monoisotopic (exact) mass is 335 g/mol. The number of nitrogens with zero attached hydrogens (tertiary/aromatic N) is 1. The van der Waals surface area contributed by atoms with E-state index in [1.807, 2.05) is 36.4 Å². The van der Waals surface area contributed by atoms with Crippen molar-refractivity contribution >= 4 is 38.4 Å². The van der Waals surface area contributed by atoms with E-state index in [1.165, 1.54) is 7.11 Å². The van der Waals surface area contributed by atoms with Gasteiger partial charge < -0.3 is 9.94 Å². The fourth-order valence-corrected chi connectivity index (χ4v) is 2.73. The molecule has 0 aliphatic carbocycles. The van der Waals surface area contributed by atoms with Crippen molar-refractivity contribution in [2.24, 2.45) is 5.16 Å². The summed E-state index contributed by atoms with van der Waals surface area (Å²) in [6.45, 7) is 0. The van der Waals surface area contributed by atoms with Crippen LogP contribution in [0.5, 0.6) is 0 Å². The van der Waals surface area contributed by atoms with Gasteiger partial charge in [-0.25, -0.2) is 4.79 Å². The number of fused-ring (bicyclic) bond motifs is 1. The van der Waals surface area contributed by atoms with Crippen LogP contribution in [0.25, 0.3) is 10.8 Å². The van der Waals surface area contributed by atoms with E-state index in [1.54, 1.807) is 0 Å². The predicted octanol–water partition coefficient (Wildman–Crippen LogP) is 3.54. The fraction of sp³-hybridized carbons (Fsp3) is 0.200. The number of carbonyl (C=O) groups excluding carboxylic acids is 1. The highest BCUT2D eigenvalue weighted by molar-refractivity contribution is 9.10. The van der Waals surface area contributed by atoms with Crippen molar-refractivity contribution in [3.63, 3.8) is 0 Å². The molecule has 0 saturated carbocycles. The lowest BCUT2D eigenvalue weighted by Crippen LogP contribution is -2.16. The molecule has 2 aromatic rings. The van der Waals surface area contributed by atoms with Crippen molar-refractivity contribution in [3.05, 3.63) is 46.4 Å². The zero-order valence-corrected chi connectivity index (χ0v) is 12.6. The number of oxime groups is 1. The van der Waals surface area contributed by atoms with Gasteiger partial charge >= 0.3 is 5.97 Å². The van der Waals surface area contributed by atoms with Gasteiger partial charge in [-0.15, -0.1) is 0 Å². The molecule has 2 aromatic carbocycles. The highest BCUT2D eigenvalue weighted by Crippen LogP contribution is 2.28. The third-order valence-electron chi connectivity index (χ3n) is 3.12. The number of esters is 1. The smallest absolute Gasteiger partial charge is 0.355 e. The molecule has 5 heteroatoms. The number of aryl methyl sites for hydroxylation is 1. The van der Waals surface area contributed by atoms with Crippen LogP contribution in [-0.2, 0) is 16.0 Å². The van der Waals surface area contributed by atoms with Gasteiger partial charge in [0.25, 0.3) is 0 Å². The lowest BCUT2D eigenvalue weighted by Gasteiger charge is -2.08. The number of rotatable bonds is 4. The Bertz CT molecular complexity index is 667. The van der Waals surface area contributed by atoms with Crippen LogP contribution in [0, 0.1) is 0 Å². The van der Waals surface area contributed by atoms with Crippen LogP contribution in [0.1, 0.15) is 12.0 Å². The van der Waals surface area contributed by atoms with Gasteiger partial charge in [-0.3, -0.25) is 0 Å². The van der Waals surface area contributed by atoms with Crippen molar-refractivity contribution in [1.82, 2.24) is 0 Å². The van der Waals surface area contributed by atoms with Crippen LogP contribution >= 0.6 is 15.9 Å². The lowest BCUT2D eigenvalue weighted by atomic mass is 10.0. The largest absolute Gasteiger partial charge is 0.464 e. The number of benzene rings is 2. The summed E-state index contributed by atoms with van der Waals surface area (Å²) in [6, 6.07) is 12.1. The molecule has 0 amide bonds. The van der Waals surface area contributed by atoms with E-state index in [0.717, 1.165) is 20.8 Å². The third-order valence-corrected chi connectivity index (χ3v) is 4.05. The summed E-state index contributed by atoms with van der Waals surface area (Å²) in [5.41, 5.74) is 1.07. The van der Waals surface area contributed by atoms with E-state index >= 15 is 0 Å². The Kier molecular flexibility index (Phi) is 4.74. The number of hydrogen-bond acceptors (Lipinski definition) is 4. The number of methoxy groups -OCH3 is 1. The standard InChI is InChI=1S/C15H14BrNO3/c1-20-15(18)13(17-19)9-8-11-7-6-10-4-2-3-5-12(10)14(11)16/h2-7,19H,8-9H2,1H3/b17-13+. The minimum atomic E-state index is -0.607. The highest BCUT2D eigenvalue weighted by Gasteiger charge is 2.14. The molecule has 0 heterocycles. The molecule has 0 bridgehead atoms. The second kappa shape index (κ2) is 6.52. The summed E-state index contributed by atoms with van der Waals surface area (Å²) < 4.78 is 5.55. The topological polar surface area (TPSA) is 58.9 Å². The van der Waals surface area contributed by atoms with Crippen LogP contribution in [0.3, 0.4) is 0 Å². The van der Waals surface area contributed by atoms with Crippen molar-refractivity contribution in [3.8, 4) is 0 Å². The maximum Gasteiger partial charge on any atom is 0.355 e. The van der Waals surface area contributed by atoms with E-state index in [4.69, 9.17) is 5.21 Å². The molecule has 0 saturated heterocycles. The Labute approximate surface area is 125 Å². The molecular formula is C15H14BrNO3. The summed E-state index contributed by atoms with van der Waals surface area (Å²) in [7, 11) is 1.26. The number of hydrogen-bond donors (Lipinski definition) is 1. The van der Waals surface area contributed by atoms with Crippen LogP contribution in [0.2, 0.25) is 0 Å². The highest BCUT2D eigenvalue weighted by atomic mass is 79.9. The van der Waals surface area contributed by atoms with Crippen LogP contribution in [0.15, 0.2) is 46.0 Å².